The number of likely N-dealkylation sites (tertiary alicyclic amines) is 1. The van der Waals surface area contributed by atoms with Gasteiger partial charge in [0, 0.05) is 31.1 Å². The molecule has 8 heteroatoms. The molecule has 0 bridgehead atoms. The predicted octanol–water partition coefficient (Wildman–Crippen LogP) is 2.18. The van der Waals surface area contributed by atoms with E-state index in [2.05, 4.69) is 10.6 Å². The Hall–Kier alpha value is -2.77. The Labute approximate surface area is 183 Å². The molecule has 1 saturated heterocycles. The number of hydrogen-bond donors (Lipinski definition) is 2. The molecular weight excluding hydrogens is 398 g/mol. The minimum atomic E-state index is -0.659. The monoisotopic (exact) mass is 431 g/mol. The summed E-state index contributed by atoms with van der Waals surface area (Å²) in [6.07, 6.45) is 1.33. The number of carbonyl (C=O) groups excluding carboxylic acids is 3. The topological polar surface area (TPSA) is 97.0 Å². The lowest BCUT2D eigenvalue weighted by Gasteiger charge is -2.36. The van der Waals surface area contributed by atoms with E-state index >= 15 is 0 Å². The quantitative estimate of drug-likeness (QED) is 0.690. The summed E-state index contributed by atoms with van der Waals surface area (Å²) in [5.41, 5.74) is 0.415. The van der Waals surface area contributed by atoms with Gasteiger partial charge in [0.05, 0.1) is 0 Å². The van der Waals surface area contributed by atoms with Crippen LogP contribution in [0.15, 0.2) is 18.2 Å². The maximum Gasteiger partial charge on any atom is 0.252 e. The van der Waals surface area contributed by atoms with Crippen molar-refractivity contribution in [1.82, 2.24) is 15.5 Å². The number of fused-ring (bicyclic) bond motifs is 1. The van der Waals surface area contributed by atoms with E-state index in [1.165, 1.54) is 0 Å². The van der Waals surface area contributed by atoms with E-state index in [-0.39, 0.29) is 36.4 Å². The number of hydrogen-bond acceptors (Lipinski definition) is 5. The van der Waals surface area contributed by atoms with Crippen LogP contribution in [0.3, 0.4) is 0 Å². The molecule has 0 aromatic heterocycles. The van der Waals surface area contributed by atoms with Gasteiger partial charge in [-0.25, -0.2) is 0 Å². The van der Waals surface area contributed by atoms with Crippen molar-refractivity contribution in [2.45, 2.75) is 46.6 Å². The molecule has 0 spiro atoms. The molecule has 2 aliphatic rings. The summed E-state index contributed by atoms with van der Waals surface area (Å²) in [5, 5.41) is 5.89. The fourth-order valence-corrected chi connectivity index (χ4v) is 3.89. The Morgan fingerprint density at radius 3 is 2.39 bits per heavy atom. The van der Waals surface area contributed by atoms with Crippen LogP contribution in [0.2, 0.25) is 0 Å². The van der Waals surface area contributed by atoms with Crippen molar-refractivity contribution in [3.05, 3.63) is 23.8 Å². The highest BCUT2D eigenvalue weighted by molar-refractivity contribution is 5.98. The molecule has 3 rings (SSSR count). The van der Waals surface area contributed by atoms with Gasteiger partial charge < -0.3 is 25.0 Å². The molecule has 1 aromatic rings. The molecule has 8 nitrogen and oxygen atoms in total. The molecule has 31 heavy (non-hydrogen) atoms. The Kier molecular flexibility index (Phi) is 7.41. The predicted molar refractivity (Wildman–Crippen MR) is 116 cm³/mol. The van der Waals surface area contributed by atoms with E-state index in [4.69, 9.17) is 9.47 Å². The zero-order valence-electron chi connectivity index (χ0n) is 18.8. The standard InChI is InChI=1S/C23H33N3O5/c1-14(2)12-24-22(28)20(16-7-9-26(10-8-16)23(29)15(3)4)25-21(27)17-5-6-18-19(11-17)31-13-30-18/h5-6,11,14-16,20H,7-10,12-13H2,1-4H3,(H,24,28)(H,25,27)/t20-/m0/s1. The molecule has 0 unspecified atom stereocenters. The number of nitrogens with one attached hydrogen (secondary N) is 2. The van der Waals surface area contributed by atoms with Gasteiger partial charge in [0.2, 0.25) is 18.6 Å². The Morgan fingerprint density at radius 1 is 1.06 bits per heavy atom. The summed E-state index contributed by atoms with van der Waals surface area (Å²) in [4.78, 5) is 40.1. The highest BCUT2D eigenvalue weighted by atomic mass is 16.7. The molecule has 0 aliphatic carbocycles. The summed E-state index contributed by atoms with van der Waals surface area (Å²) in [7, 11) is 0. The molecule has 1 aromatic carbocycles. The van der Waals surface area contributed by atoms with Crippen molar-refractivity contribution >= 4 is 17.7 Å². The molecule has 0 saturated carbocycles. The van der Waals surface area contributed by atoms with Crippen LogP contribution >= 0.6 is 0 Å². The molecule has 2 heterocycles. The summed E-state index contributed by atoms with van der Waals surface area (Å²) in [6.45, 7) is 9.69. The van der Waals surface area contributed by atoms with Crippen LogP contribution in [0, 0.1) is 17.8 Å². The first-order valence-corrected chi connectivity index (χ1v) is 11.0. The number of amides is 3. The van der Waals surface area contributed by atoms with Crippen LogP contribution in [0.25, 0.3) is 0 Å². The number of ether oxygens (including phenoxy) is 2. The molecule has 2 aliphatic heterocycles. The average molecular weight is 432 g/mol. The second kappa shape index (κ2) is 10.0. The van der Waals surface area contributed by atoms with Crippen molar-refractivity contribution in [3.8, 4) is 11.5 Å². The second-order valence-corrected chi connectivity index (χ2v) is 8.98. The molecule has 170 valence electrons. The first-order valence-electron chi connectivity index (χ1n) is 11.0. The Balaban J connectivity index is 1.70. The van der Waals surface area contributed by atoms with Gasteiger partial charge in [-0.05, 0) is 42.9 Å². The van der Waals surface area contributed by atoms with E-state index < -0.39 is 6.04 Å². The molecular formula is C23H33N3O5. The first kappa shape index (κ1) is 22.9. The normalized spacial score (nSPS) is 17.0. The summed E-state index contributed by atoms with van der Waals surface area (Å²) in [6, 6.07) is 4.33. The highest BCUT2D eigenvalue weighted by Crippen LogP contribution is 2.32. The second-order valence-electron chi connectivity index (χ2n) is 8.98. The van der Waals surface area contributed by atoms with E-state index in [9.17, 15) is 14.4 Å². The SMILES string of the molecule is CC(C)CNC(=O)[C@@H](NC(=O)c1ccc2c(c1)OCO2)C1CCN(C(=O)C(C)C)CC1. The maximum atomic E-state index is 13.0. The fraction of sp³-hybridized carbons (Fsp3) is 0.609. The number of carbonyl (C=O) groups is 3. The molecule has 1 fully saturated rings. The number of piperidine rings is 1. The minimum absolute atomic E-state index is 0.0404. The van der Waals surface area contributed by atoms with Crippen LogP contribution in [0.1, 0.15) is 50.9 Å². The minimum Gasteiger partial charge on any atom is -0.454 e. The van der Waals surface area contributed by atoms with E-state index in [1.807, 2.05) is 32.6 Å². The molecule has 1 atom stereocenters. The highest BCUT2D eigenvalue weighted by Gasteiger charge is 2.34. The third-order valence-corrected chi connectivity index (χ3v) is 5.70. The maximum absolute atomic E-state index is 13.0. The molecule has 0 radical (unpaired) electrons. The van der Waals surface area contributed by atoms with Gasteiger partial charge in [-0.2, -0.15) is 0 Å². The van der Waals surface area contributed by atoms with Crippen LogP contribution in [0.4, 0.5) is 0 Å². The van der Waals surface area contributed by atoms with Gasteiger partial charge in [0.1, 0.15) is 6.04 Å². The first-order chi connectivity index (χ1) is 14.8. The van der Waals surface area contributed by atoms with Gasteiger partial charge in [-0.3, -0.25) is 14.4 Å². The van der Waals surface area contributed by atoms with Crippen LogP contribution in [-0.4, -0.2) is 55.1 Å². The van der Waals surface area contributed by atoms with Gasteiger partial charge in [0.25, 0.3) is 5.91 Å². The zero-order chi connectivity index (χ0) is 22.5. The largest absolute Gasteiger partial charge is 0.454 e. The van der Waals surface area contributed by atoms with Gasteiger partial charge in [-0.1, -0.05) is 27.7 Å². The van der Waals surface area contributed by atoms with Crippen LogP contribution in [0.5, 0.6) is 11.5 Å². The third-order valence-electron chi connectivity index (χ3n) is 5.70. The third kappa shape index (κ3) is 5.68. The van der Waals surface area contributed by atoms with Crippen molar-refractivity contribution < 1.29 is 23.9 Å². The van der Waals surface area contributed by atoms with Crippen molar-refractivity contribution in [3.63, 3.8) is 0 Å². The Morgan fingerprint density at radius 2 is 1.74 bits per heavy atom. The van der Waals surface area contributed by atoms with Crippen LogP contribution in [-0.2, 0) is 9.59 Å². The lowest BCUT2D eigenvalue weighted by molar-refractivity contribution is -0.136. The number of rotatable bonds is 7. The average Bonchev–Trinajstić information content (AvgIpc) is 3.23. The van der Waals surface area contributed by atoms with Gasteiger partial charge in [0.15, 0.2) is 11.5 Å². The van der Waals surface area contributed by atoms with Crippen LogP contribution < -0.4 is 20.1 Å². The molecule has 2 N–H and O–H groups in total. The fourth-order valence-electron chi connectivity index (χ4n) is 3.89. The lowest BCUT2D eigenvalue weighted by atomic mass is 9.88. The van der Waals surface area contributed by atoms with Crippen molar-refractivity contribution in [2.24, 2.45) is 17.8 Å². The van der Waals surface area contributed by atoms with E-state index in [0.717, 1.165) is 0 Å². The number of nitrogens with zero attached hydrogens (tertiary/aromatic N) is 1. The summed E-state index contributed by atoms with van der Waals surface area (Å²) in [5.74, 6) is 0.955. The summed E-state index contributed by atoms with van der Waals surface area (Å²) < 4.78 is 10.7. The van der Waals surface area contributed by atoms with Crippen molar-refractivity contribution in [2.75, 3.05) is 26.4 Å². The van der Waals surface area contributed by atoms with E-state index in [0.29, 0.717) is 55.5 Å². The van der Waals surface area contributed by atoms with Crippen molar-refractivity contribution in [1.29, 1.82) is 0 Å². The van der Waals surface area contributed by atoms with Gasteiger partial charge in [-0.15, -0.1) is 0 Å². The molecule has 3 amide bonds. The van der Waals surface area contributed by atoms with E-state index in [1.54, 1.807) is 18.2 Å². The Bertz CT molecular complexity index is 815. The number of benzene rings is 1. The van der Waals surface area contributed by atoms with Gasteiger partial charge >= 0.3 is 0 Å². The smallest absolute Gasteiger partial charge is 0.252 e. The zero-order valence-corrected chi connectivity index (χ0v) is 18.8. The lowest BCUT2D eigenvalue weighted by Crippen LogP contribution is -2.54. The summed E-state index contributed by atoms with van der Waals surface area (Å²) >= 11 is 0.